The lowest BCUT2D eigenvalue weighted by Crippen LogP contribution is -2.44. The average molecular weight is 554 g/mol. The lowest BCUT2D eigenvalue weighted by Gasteiger charge is -2.24. The summed E-state index contributed by atoms with van der Waals surface area (Å²) >= 11 is 0.896. The van der Waals surface area contributed by atoms with Crippen LogP contribution >= 0.6 is 11.3 Å². The van der Waals surface area contributed by atoms with Gasteiger partial charge in [-0.2, -0.15) is 0 Å². The number of alkyl carbamates (subject to hydrolysis) is 1. The number of benzene rings is 1. The number of carbonyl (C=O) groups is 2. The Hall–Kier alpha value is -3.45. The molecule has 1 unspecified atom stereocenters. The number of alkyl halides is 1. The second kappa shape index (κ2) is 12.4. The maximum Gasteiger partial charge on any atom is 0.407 e. The van der Waals surface area contributed by atoms with Gasteiger partial charge in [0.15, 0.2) is 0 Å². The molecule has 0 bridgehead atoms. The molecule has 0 aliphatic carbocycles. The third-order valence-corrected chi connectivity index (χ3v) is 6.38. The van der Waals surface area contributed by atoms with Crippen molar-refractivity contribution >= 4 is 29.6 Å². The molecule has 1 saturated heterocycles. The van der Waals surface area contributed by atoms with E-state index in [0.29, 0.717) is 5.70 Å². The Bertz CT molecular complexity index is 1190. The normalized spacial score (nSPS) is 20.6. The molecule has 1 aliphatic rings. The Morgan fingerprint density at radius 1 is 1.24 bits per heavy atom. The van der Waals surface area contributed by atoms with Crippen molar-refractivity contribution in [1.29, 1.82) is 5.41 Å². The summed E-state index contributed by atoms with van der Waals surface area (Å²) in [6.45, 7) is 4.77. The molecule has 1 aromatic carbocycles. The molecule has 0 radical (unpaired) electrons. The van der Waals surface area contributed by atoms with Gasteiger partial charge < -0.3 is 30.8 Å². The number of ether oxygens (including phenoxy) is 2. The summed E-state index contributed by atoms with van der Waals surface area (Å²) in [4.78, 5) is 29.0. The summed E-state index contributed by atoms with van der Waals surface area (Å²) in [6.07, 6.45) is -1.60. The van der Waals surface area contributed by atoms with Gasteiger partial charge in [0, 0.05) is 18.6 Å². The van der Waals surface area contributed by atoms with Gasteiger partial charge in [0.05, 0.1) is 35.7 Å². The number of nitrogens with one attached hydrogen (secondary N) is 4. The molecule has 3 rings (SSSR count). The smallest absolute Gasteiger partial charge is 0.407 e. The molecule has 1 aromatic heterocycles. The molecule has 0 spiro atoms. The molecule has 1 fully saturated rings. The van der Waals surface area contributed by atoms with Crippen molar-refractivity contribution in [3.63, 3.8) is 0 Å². The number of thiazole rings is 1. The molecule has 2 heterocycles. The third-order valence-electron chi connectivity index (χ3n) is 5.52. The first-order chi connectivity index (χ1) is 17.9. The highest BCUT2D eigenvalue weighted by Gasteiger charge is 2.32. The zero-order valence-corrected chi connectivity index (χ0v) is 22.2. The monoisotopic (exact) mass is 553 g/mol. The lowest BCUT2D eigenvalue weighted by atomic mass is 10.0. The van der Waals surface area contributed by atoms with Crippen LogP contribution in [0, 0.1) is 17.0 Å². The van der Waals surface area contributed by atoms with Crippen molar-refractivity contribution < 1.29 is 32.2 Å². The van der Waals surface area contributed by atoms with E-state index >= 15 is 0 Å². The fourth-order valence-corrected chi connectivity index (χ4v) is 4.65. The number of amides is 2. The van der Waals surface area contributed by atoms with Crippen molar-refractivity contribution in [2.45, 2.75) is 57.5 Å². The fraction of sp³-hybridized carbons (Fsp3) is 0.440. The van der Waals surface area contributed by atoms with Crippen molar-refractivity contribution in [1.82, 2.24) is 20.9 Å². The predicted molar refractivity (Wildman–Crippen MR) is 137 cm³/mol. The molecular weight excluding hydrogens is 523 g/mol. The van der Waals surface area contributed by atoms with Gasteiger partial charge in [-0.15, -0.1) is 11.3 Å². The van der Waals surface area contributed by atoms with E-state index in [1.165, 1.54) is 11.4 Å². The van der Waals surface area contributed by atoms with Crippen molar-refractivity contribution in [3.8, 4) is 10.6 Å². The van der Waals surface area contributed by atoms with E-state index in [9.17, 15) is 22.8 Å². The van der Waals surface area contributed by atoms with Crippen LogP contribution in [0.4, 0.5) is 18.0 Å². The first-order valence-electron chi connectivity index (χ1n) is 11.8. The molecule has 38 heavy (non-hydrogen) atoms. The summed E-state index contributed by atoms with van der Waals surface area (Å²) in [5.74, 6) is -2.32. The molecule has 4 N–H and O–H groups in total. The summed E-state index contributed by atoms with van der Waals surface area (Å²) in [6, 6.07) is 2.57. The largest absolute Gasteiger partial charge is 0.444 e. The highest BCUT2D eigenvalue weighted by Crippen LogP contribution is 2.29. The Balaban J connectivity index is 1.74. The second-order valence-corrected chi connectivity index (χ2v) is 10.3. The van der Waals surface area contributed by atoms with Crippen LogP contribution in [0.3, 0.4) is 0 Å². The SMILES string of the molecule is CN/C(=C(\C=N)NC(=O)c1csc(-c2c(F)cccc2F)n1)C1CC[C@@H](NC(=O)OC(C)(C)C)[C@H](F)CO1. The number of hydrogen-bond donors (Lipinski definition) is 4. The minimum atomic E-state index is -1.50. The predicted octanol–water partition coefficient (Wildman–Crippen LogP) is 4.31. The van der Waals surface area contributed by atoms with Crippen molar-refractivity contribution in [2.24, 2.45) is 0 Å². The Morgan fingerprint density at radius 3 is 2.53 bits per heavy atom. The molecule has 1 aliphatic heterocycles. The second-order valence-electron chi connectivity index (χ2n) is 9.48. The molecule has 13 heteroatoms. The van der Waals surface area contributed by atoms with Crippen LogP contribution in [0.5, 0.6) is 0 Å². The van der Waals surface area contributed by atoms with Crippen LogP contribution in [-0.4, -0.2) is 60.8 Å². The zero-order chi connectivity index (χ0) is 28.0. The molecule has 3 atom stereocenters. The molecular formula is C25H30F3N5O4S. The van der Waals surface area contributed by atoms with Gasteiger partial charge in [0.25, 0.3) is 5.91 Å². The van der Waals surface area contributed by atoms with Crippen LogP contribution in [-0.2, 0) is 9.47 Å². The number of carbonyl (C=O) groups excluding carboxylic acids is 2. The summed E-state index contributed by atoms with van der Waals surface area (Å²) in [5, 5.41) is 17.1. The fourth-order valence-electron chi connectivity index (χ4n) is 3.80. The van der Waals surface area contributed by atoms with Gasteiger partial charge in [-0.05, 0) is 45.7 Å². The number of allylic oxidation sites excluding steroid dienone is 1. The van der Waals surface area contributed by atoms with Gasteiger partial charge in [-0.1, -0.05) is 6.07 Å². The molecule has 206 valence electrons. The Labute approximate surface area is 222 Å². The summed E-state index contributed by atoms with van der Waals surface area (Å²) < 4.78 is 53.9. The summed E-state index contributed by atoms with van der Waals surface area (Å²) in [7, 11) is 1.56. The Morgan fingerprint density at radius 2 is 1.92 bits per heavy atom. The maximum absolute atomic E-state index is 14.7. The van der Waals surface area contributed by atoms with Gasteiger partial charge >= 0.3 is 6.09 Å². The van der Waals surface area contributed by atoms with Gasteiger partial charge in [-0.3, -0.25) is 4.79 Å². The molecule has 9 nitrogen and oxygen atoms in total. The first-order valence-corrected chi connectivity index (χ1v) is 12.7. The minimum Gasteiger partial charge on any atom is -0.444 e. The minimum absolute atomic E-state index is 0.00964. The van der Waals surface area contributed by atoms with Gasteiger partial charge in [0.2, 0.25) is 0 Å². The van der Waals surface area contributed by atoms with Crippen molar-refractivity contribution in [3.05, 3.63) is 52.3 Å². The van der Waals surface area contributed by atoms with E-state index in [1.54, 1.807) is 27.8 Å². The van der Waals surface area contributed by atoms with Crippen LogP contribution in [0.25, 0.3) is 10.6 Å². The highest BCUT2D eigenvalue weighted by atomic mass is 32.1. The van der Waals surface area contributed by atoms with Crippen LogP contribution in [0.1, 0.15) is 44.1 Å². The highest BCUT2D eigenvalue weighted by molar-refractivity contribution is 7.13. The van der Waals surface area contributed by atoms with Crippen LogP contribution < -0.4 is 16.0 Å². The van der Waals surface area contributed by atoms with E-state index in [4.69, 9.17) is 14.9 Å². The molecule has 2 amide bonds. The molecule has 2 aromatic rings. The molecule has 0 saturated carbocycles. The topological polar surface area (TPSA) is 125 Å². The van der Waals surface area contributed by atoms with Crippen LogP contribution in [0.15, 0.2) is 35.0 Å². The zero-order valence-electron chi connectivity index (χ0n) is 21.4. The average Bonchev–Trinajstić information content (AvgIpc) is 3.25. The van der Waals surface area contributed by atoms with E-state index < -0.39 is 47.6 Å². The van der Waals surface area contributed by atoms with Gasteiger partial charge in [-0.25, -0.2) is 22.9 Å². The standard InChI is InChI=1S/C25H30F3N5O4S/c1-25(2,3)37-24(35)33-16-8-9-19(36-11-15(16)28)21(30-4)17(10-29)31-22(34)18-12-38-23(32-18)20-13(26)6-5-7-14(20)27/h5-7,10,12,15-16,19,29-30H,8-9,11H2,1-4H3,(H,31,34)(H,33,35)/b21-17+,29-10?/t15-,16-,19?/m1/s1. The summed E-state index contributed by atoms with van der Waals surface area (Å²) in [5.41, 5.74) is -0.815. The quantitative estimate of drug-likeness (QED) is 0.379. The van der Waals surface area contributed by atoms with Crippen LogP contribution in [0.2, 0.25) is 0 Å². The number of rotatable bonds is 7. The van der Waals surface area contributed by atoms with Crippen molar-refractivity contribution in [2.75, 3.05) is 13.7 Å². The number of likely N-dealkylation sites (N-methyl/N-ethyl adjacent to an activating group) is 1. The van der Waals surface area contributed by atoms with E-state index in [0.717, 1.165) is 29.7 Å². The van der Waals surface area contributed by atoms with E-state index in [1.807, 2.05) is 0 Å². The number of halogens is 3. The van der Waals surface area contributed by atoms with E-state index in [2.05, 4.69) is 20.9 Å². The number of aromatic nitrogens is 1. The maximum atomic E-state index is 14.7. The number of hydrogen-bond acceptors (Lipinski definition) is 8. The Kier molecular flexibility index (Phi) is 9.50. The number of nitrogens with zero attached hydrogens (tertiary/aromatic N) is 1. The third kappa shape index (κ3) is 7.32. The lowest BCUT2D eigenvalue weighted by molar-refractivity contribution is 0.0345. The first kappa shape index (κ1) is 29.1. The van der Waals surface area contributed by atoms with E-state index in [-0.39, 0.29) is 41.4 Å². The van der Waals surface area contributed by atoms with Gasteiger partial charge in [0.1, 0.15) is 34.1 Å².